The Kier molecular flexibility index (Phi) is 7.41. The fourth-order valence-corrected chi connectivity index (χ4v) is 6.18. The monoisotopic (exact) mass is 519 g/mol. The van der Waals surface area contributed by atoms with Crippen LogP contribution < -0.4 is 15.0 Å². The number of hydrogen-bond acceptors (Lipinski definition) is 5. The molecule has 6 rings (SSSR count). The number of aromatic amines is 1. The average Bonchev–Trinajstić information content (AvgIpc) is 3.40. The Labute approximate surface area is 225 Å². The highest BCUT2D eigenvalue weighted by Crippen LogP contribution is 2.35. The first-order valence-corrected chi connectivity index (χ1v) is 14.2. The molecular weight excluding hydrogens is 482 g/mol. The summed E-state index contributed by atoms with van der Waals surface area (Å²) in [6.45, 7) is 10.2. The van der Waals surface area contributed by atoms with Crippen LogP contribution >= 0.6 is 11.6 Å². The van der Waals surface area contributed by atoms with E-state index in [2.05, 4.69) is 44.4 Å². The van der Waals surface area contributed by atoms with Crippen LogP contribution in [0.5, 0.6) is 5.75 Å². The lowest BCUT2D eigenvalue weighted by atomic mass is 9.85. The van der Waals surface area contributed by atoms with Crippen molar-refractivity contribution < 1.29 is 4.74 Å². The predicted octanol–water partition coefficient (Wildman–Crippen LogP) is 5.49. The van der Waals surface area contributed by atoms with Crippen molar-refractivity contribution in [3.05, 3.63) is 64.9 Å². The molecule has 196 valence electrons. The number of piperazine rings is 1. The van der Waals surface area contributed by atoms with Crippen LogP contribution in [0.4, 0.5) is 5.69 Å². The molecule has 7 heteroatoms. The highest BCUT2D eigenvalue weighted by Gasteiger charge is 2.29. The molecule has 0 amide bonds. The molecule has 3 fully saturated rings. The van der Waals surface area contributed by atoms with Crippen LogP contribution in [0.1, 0.15) is 42.9 Å². The van der Waals surface area contributed by atoms with E-state index in [4.69, 9.17) is 21.3 Å². The van der Waals surface area contributed by atoms with Crippen LogP contribution in [0.2, 0.25) is 5.02 Å². The van der Waals surface area contributed by atoms with Crippen molar-refractivity contribution in [1.29, 1.82) is 0 Å². The van der Waals surface area contributed by atoms with Gasteiger partial charge in [0, 0.05) is 85.8 Å². The topological polar surface area (TPSA) is 56.4 Å². The number of halogens is 1. The number of rotatable bonds is 7. The van der Waals surface area contributed by atoms with Crippen LogP contribution in [0.25, 0.3) is 11.4 Å². The minimum Gasteiger partial charge on any atom is -0.490 e. The number of H-pyrrole nitrogens is 1. The number of benzene rings is 2. The van der Waals surface area contributed by atoms with Gasteiger partial charge < -0.3 is 24.8 Å². The Bertz CT molecular complexity index is 1170. The zero-order valence-electron chi connectivity index (χ0n) is 21.8. The van der Waals surface area contributed by atoms with Crippen LogP contribution in [0.15, 0.2) is 48.7 Å². The number of aryl methyl sites for hydroxylation is 1. The normalized spacial score (nSPS) is 23.1. The lowest BCUT2D eigenvalue weighted by molar-refractivity contribution is 0.146. The van der Waals surface area contributed by atoms with E-state index in [-0.39, 0.29) is 6.10 Å². The van der Waals surface area contributed by atoms with E-state index in [1.54, 1.807) is 0 Å². The molecule has 2 N–H and O–H groups in total. The predicted molar refractivity (Wildman–Crippen MR) is 151 cm³/mol. The minimum absolute atomic E-state index is 0.253. The second-order valence-electron chi connectivity index (χ2n) is 11.1. The fraction of sp³-hybridized carbons (Fsp3) is 0.500. The molecule has 1 aliphatic carbocycles. The Morgan fingerprint density at radius 2 is 1.76 bits per heavy atom. The molecular formula is C30H38ClN5O. The second kappa shape index (κ2) is 11.1. The zero-order chi connectivity index (χ0) is 25.2. The number of hydrogen-bond donors (Lipinski definition) is 2. The fourth-order valence-electron chi connectivity index (χ4n) is 6.01. The molecule has 0 unspecified atom stereocenters. The van der Waals surface area contributed by atoms with Gasteiger partial charge in [0.15, 0.2) is 0 Å². The molecule has 0 spiro atoms. The zero-order valence-corrected chi connectivity index (χ0v) is 22.5. The Balaban J connectivity index is 0.987. The lowest BCUT2D eigenvalue weighted by Crippen LogP contribution is -2.54. The van der Waals surface area contributed by atoms with E-state index in [1.807, 2.05) is 31.3 Å². The molecule has 2 aromatic carbocycles. The van der Waals surface area contributed by atoms with Crippen LogP contribution in [-0.2, 0) is 0 Å². The summed E-state index contributed by atoms with van der Waals surface area (Å²) in [6, 6.07) is 14.9. The van der Waals surface area contributed by atoms with E-state index in [9.17, 15) is 0 Å². The van der Waals surface area contributed by atoms with Gasteiger partial charge in [0.05, 0.1) is 6.10 Å². The van der Waals surface area contributed by atoms with Crippen molar-refractivity contribution >= 4 is 17.3 Å². The number of aromatic nitrogens is 2. The standard InChI is InChI=1S/C30H38ClN5O/c1-21-2-9-27(16-28(21)31)37-26-10-5-23(6-11-26)29-17-33-30(34-29)24-3-7-25(8-4-24)36-19-22(20-36)18-35-14-12-32-13-15-35/h2-4,7-9,16-17,22-23,26,32H,5-6,10-15,18-20H2,1H3,(H,33,34). The maximum absolute atomic E-state index is 6.26. The molecule has 37 heavy (non-hydrogen) atoms. The van der Waals surface area contributed by atoms with Gasteiger partial charge in [-0.3, -0.25) is 0 Å². The third-order valence-electron chi connectivity index (χ3n) is 8.34. The van der Waals surface area contributed by atoms with Gasteiger partial charge in [-0.05, 0) is 74.6 Å². The molecule has 2 aliphatic heterocycles. The number of nitrogens with zero attached hydrogens (tertiary/aromatic N) is 3. The van der Waals surface area contributed by atoms with Gasteiger partial charge in [0.1, 0.15) is 11.6 Å². The van der Waals surface area contributed by atoms with E-state index in [1.165, 1.54) is 31.0 Å². The second-order valence-corrected chi connectivity index (χ2v) is 11.5. The molecule has 0 bridgehead atoms. The van der Waals surface area contributed by atoms with E-state index in [0.29, 0.717) is 5.92 Å². The maximum Gasteiger partial charge on any atom is 0.137 e. The first-order chi connectivity index (χ1) is 18.1. The van der Waals surface area contributed by atoms with Crippen LogP contribution in [-0.4, -0.2) is 66.8 Å². The molecule has 1 saturated carbocycles. The molecule has 6 nitrogen and oxygen atoms in total. The third-order valence-corrected chi connectivity index (χ3v) is 8.75. The Morgan fingerprint density at radius 3 is 2.49 bits per heavy atom. The van der Waals surface area contributed by atoms with Gasteiger partial charge in [-0.15, -0.1) is 0 Å². The molecule has 0 radical (unpaired) electrons. The Hall–Kier alpha value is -2.54. The summed E-state index contributed by atoms with van der Waals surface area (Å²) < 4.78 is 6.22. The highest BCUT2D eigenvalue weighted by molar-refractivity contribution is 6.31. The van der Waals surface area contributed by atoms with Crippen LogP contribution in [0, 0.1) is 12.8 Å². The van der Waals surface area contributed by atoms with E-state index >= 15 is 0 Å². The van der Waals surface area contributed by atoms with Crippen molar-refractivity contribution in [2.45, 2.75) is 44.6 Å². The van der Waals surface area contributed by atoms with Gasteiger partial charge in [-0.2, -0.15) is 0 Å². The van der Waals surface area contributed by atoms with Crippen molar-refractivity contribution in [2.24, 2.45) is 5.92 Å². The summed E-state index contributed by atoms with van der Waals surface area (Å²) in [5, 5.41) is 4.21. The van der Waals surface area contributed by atoms with Gasteiger partial charge in [-0.25, -0.2) is 4.98 Å². The number of ether oxygens (including phenoxy) is 1. The molecule has 3 heterocycles. The lowest BCUT2D eigenvalue weighted by Gasteiger charge is -2.44. The van der Waals surface area contributed by atoms with E-state index < -0.39 is 0 Å². The molecule has 3 aliphatic rings. The number of anilines is 1. The van der Waals surface area contributed by atoms with Gasteiger partial charge in [-0.1, -0.05) is 17.7 Å². The van der Waals surface area contributed by atoms with Gasteiger partial charge >= 0.3 is 0 Å². The van der Waals surface area contributed by atoms with Crippen molar-refractivity contribution in [3.8, 4) is 17.1 Å². The summed E-state index contributed by atoms with van der Waals surface area (Å²) in [7, 11) is 0. The third kappa shape index (κ3) is 5.82. The summed E-state index contributed by atoms with van der Waals surface area (Å²) in [6.07, 6.45) is 6.59. The molecule has 1 aromatic heterocycles. The minimum atomic E-state index is 0.253. The van der Waals surface area contributed by atoms with Gasteiger partial charge in [0.2, 0.25) is 0 Å². The van der Waals surface area contributed by atoms with E-state index in [0.717, 1.165) is 85.5 Å². The molecule has 0 atom stereocenters. The van der Waals surface area contributed by atoms with Crippen LogP contribution in [0.3, 0.4) is 0 Å². The van der Waals surface area contributed by atoms with Crippen molar-refractivity contribution in [2.75, 3.05) is 50.7 Å². The largest absolute Gasteiger partial charge is 0.490 e. The summed E-state index contributed by atoms with van der Waals surface area (Å²) in [4.78, 5) is 13.4. The molecule has 3 aromatic rings. The number of imidazole rings is 1. The first-order valence-electron chi connectivity index (χ1n) is 13.9. The van der Waals surface area contributed by atoms with Crippen molar-refractivity contribution in [1.82, 2.24) is 20.2 Å². The summed E-state index contributed by atoms with van der Waals surface area (Å²) in [5.41, 5.74) is 4.80. The summed E-state index contributed by atoms with van der Waals surface area (Å²) >= 11 is 6.26. The molecule has 2 saturated heterocycles. The SMILES string of the molecule is Cc1ccc(OC2CCC(c3cnc(-c4ccc(N5CC(CN6CCNCC6)C5)cc4)[nH]3)CC2)cc1Cl. The Morgan fingerprint density at radius 1 is 1.00 bits per heavy atom. The number of nitrogens with one attached hydrogen (secondary N) is 2. The highest BCUT2D eigenvalue weighted by atomic mass is 35.5. The maximum atomic E-state index is 6.26. The first kappa shape index (κ1) is 24.8. The van der Waals surface area contributed by atoms with Crippen molar-refractivity contribution in [3.63, 3.8) is 0 Å². The quantitative estimate of drug-likeness (QED) is 0.432. The summed E-state index contributed by atoms with van der Waals surface area (Å²) in [5.74, 6) is 3.14. The smallest absolute Gasteiger partial charge is 0.137 e. The van der Waals surface area contributed by atoms with Gasteiger partial charge in [0.25, 0.3) is 0 Å². The average molecular weight is 520 g/mol.